The van der Waals surface area contributed by atoms with Crippen molar-refractivity contribution in [2.75, 3.05) is 11.1 Å². The molecule has 0 radical (unpaired) electrons. The average Bonchev–Trinajstić information content (AvgIpc) is 2.95. The predicted molar refractivity (Wildman–Crippen MR) is 100 cm³/mol. The number of benzene rings is 2. The largest absolute Gasteiger partial charge is 0.381 e. The van der Waals surface area contributed by atoms with Crippen LogP contribution in [0.3, 0.4) is 0 Å². The van der Waals surface area contributed by atoms with Crippen molar-refractivity contribution in [3.8, 4) is 5.95 Å². The number of halogens is 2. The van der Waals surface area contributed by atoms with Crippen molar-refractivity contribution in [3.05, 3.63) is 65.5 Å². The van der Waals surface area contributed by atoms with Gasteiger partial charge in [0.15, 0.2) is 11.6 Å². The van der Waals surface area contributed by atoms with Crippen LogP contribution < -0.4 is 11.1 Å². The van der Waals surface area contributed by atoms with Crippen molar-refractivity contribution in [2.45, 2.75) is 13.8 Å². The maximum Gasteiger partial charge on any atom is 0.239 e. The fourth-order valence-electron chi connectivity index (χ4n) is 2.83. The van der Waals surface area contributed by atoms with Gasteiger partial charge in [-0.3, -0.25) is 4.57 Å². The molecule has 4 rings (SSSR count). The molecule has 27 heavy (non-hydrogen) atoms. The van der Waals surface area contributed by atoms with Crippen LogP contribution in [0.4, 0.5) is 26.1 Å². The number of rotatable bonds is 3. The second-order valence-corrected chi connectivity index (χ2v) is 6.19. The zero-order chi connectivity index (χ0) is 19.1. The van der Waals surface area contributed by atoms with E-state index in [0.717, 1.165) is 5.56 Å². The van der Waals surface area contributed by atoms with Gasteiger partial charge < -0.3 is 11.1 Å². The molecule has 0 saturated heterocycles. The van der Waals surface area contributed by atoms with Gasteiger partial charge in [0.25, 0.3) is 0 Å². The van der Waals surface area contributed by atoms with E-state index in [2.05, 4.69) is 20.3 Å². The van der Waals surface area contributed by atoms with Gasteiger partial charge in [0.2, 0.25) is 11.8 Å². The predicted octanol–water partition coefficient (Wildman–Crippen LogP) is 4.04. The number of aryl methyl sites for hydroxylation is 2. The zero-order valence-corrected chi connectivity index (χ0v) is 14.7. The average molecular weight is 366 g/mol. The molecular formula is C19H16F2N6. The van der Waals surface area contributed by atoms with Gasteiger partial charge in [-0.05, 0) is 38.1 Å². The van der Waals surface area contributed by atoms with E-state index < -0.39 is 11.6 Å². The highest BCUT2D eigenvalue weighted by Gasteiger charge is 2.18. The summed E-state index contributed by atoms with van der Waals surface area (Å²) in [5, 5.41) is 2.91. The smallest absolute Gasteiger partial charge is 0.239 e. The van der Waals surface area contributed by atoms with Crippen molar-refractivity contribution in [1.29, 1.82) is 0 Å². The Balaban J connectivity index is 1.85. The van der Waals surface area contributed by atoms with Gasteiger partial charge in [-0.2, -0.15) is 14.4 Å². The van der Waals surface area contributed by atoms with Crippen LogP contribution in [0.1, 0.15) is 11.4 Å². The highest BCUT2D eigenvalue weighted by atomic mass is 19.1. The normalized spacial score (nSPS) is 11.1. The second kappa shape index (κ2) is 6.31. The van der Waals surface area contributed by atoms with Crippen LogP contribution in [0, 0.1) is 25.5 Å². The van der Waals surface area contributed by atoms with Crippen LogP contribution in [0.2, 0.25) is 0 Å². The van der Waals surface area contributed by atoms with Crippen LogP contribution in [-0.2, 0) is 0 Å². The van der Waals surface area contributed by atoms with Crippen molar-refractivity contribution in [3.63, 3.8) is 0 Å². The molecule has 0 spiro atoms. The summed E-state index contributed by atoms with van der Waals surface area (Å²) >= 11 is 0. The number of aromatic nitrogens is 4. The first-order chi connectivity index (χ1) is 12.9. The van der Waals surface area contributed by atoms with Crippen molar-refractivity contribution in [1.82, 2.24) is 19.5 Å². The van der Waals surface area contributed by atoms with Gasteiger partial charge in [0.05, 0.1) is 11.0 Å². The van der Waals surface area contributed by atoms with Crippen LogP contribution >= 0.6 is 0 Å². The Hall–Kier alpha value is -3.55. The minimum atomic E-state index is -0.757. The van der Waals surface area contributed by atoms with E-state index >= 15 is 0 Å². The number of hydrogen-bond donors (Lipinski definition) is 2. The molecule has 8 heteroatoms. The molecule has 0 atom stereocenters. The number of nitrogens with one attached hydrogen (secondary N) is 1. The minimum absolute atomic E-state index is 0.0704. The molecule has 0 amide bonds. The molecule has 0 saturated carbocycles. The van der Waals surface area contributed by atoms with Gasteiger partial charge >= 0.3 is 0 Å². The highest BCUT2D eigenvalue weighted by Crippen LogP contribution is 2.25. The van der Waals surface area contributed by atoms with Crippen LogP contribution in [0.15, 0.2) is 42.5 Å². The fourth-order valence-corrected chi connectivity index (χ4v) is 2.83. The highest BCUT2D eigenvalue weighted by molar-refractivity contribution is 5.78. The number of anilines is 3. The Morgan fingerprint density at radius 2 is 1.70 bits per heavy atom. The Kier molecular flexibility index (Phi) is 3.95. The van der Waals surface area contributed by atoms with E-state index in [1.165, 1.54) is 16.7 Å². The number of nitrogen functional groups attached to an aromatic ring is 1. The lowest BCUT2D eigenvalue weighted by molar-refractivity contribution is 0.622. The molecule has 6 nitrogen and oxygen atoms in total. The standard InChI is InChI=1S/C19H16F2N6/c1-10-3-6-13(7-4-10)24-18-16(21)17(22)25-19(26-18)27-11(2)23-14-8-5-12(20)9-15(14)27/h3-9H,1-2H3,(H3,22,24,25,26). The van der Waals surface area contributed by atoms with Gasteiger partial charge in [0.1, 0.15) is 11.6 Å². The molecule has 2 heterocycles. The van der Waals surface area contributed by atoms with Crippen molar-refractivity contribution in [2.24, 2.45) is 0 Å². The Labute approximate surface area is 153 Å². The third-order valence-electron chi connectivity index (χ3n) is 4.16. The quantitative estimate of drug-likeness (QED) is 0.572. The summed E-state index contributed by atoms with van der Waals surface area (Å²) in [5.74, 6) is -0.924. The lowest BCUT2D eigenvalue weighted by atomic mass is 10.2. The second-order valence-electron chi connectivity index (χ2n) is 6.19. The van der Waals surface area contributed by atoms with Crippen molar-refractivity contribution >= 4 is 28.4 Å². The van der Waals surface area contributed by atoms with Crippen LogP contribution in [0.25, 0.3) is 17.0 Å². The summed E-state index contributed by atoms with van der Waals surface area (Å²) < 4.78 is 29.7. The summed E-state index contributed by atoms with van der Waals surface area (Å²) in [5.41, 5.74) is 8.53. The summed E-state index contributed by atoms with van der Waals surface area (Å²) in [6, 6.07) is 11.6. The fraction of sp³-hybridized carbons (Fsp3) is 0.105. The van der Waals surface area contributed by atoms with Crippen LogP contribution in [0.5, 0.6) is 0 Å². The first-order valence-corrected chi connectivity index (χ1v) is 8.24. The maximum absolute atomic E-state index is 14.5. The molecular weight excluding hydrogens is 350 g/mol. The summed E-state index contributed by atoms with van der Waals surface area (Å²) in [7, 11) is 0. The lowest BCUT2D eigenvalue weighted by Crippen LogP contribution is -2.10. The monoisotopic (exact) mass is 366 g/mol. The third-order valence-corrected chi connectivity index (χ3v) is 4.16. The van der Waals surface area contributed by atoms with E-state index in [1.807, 2.05) is 19.1 Å². The number of imidazole rings is 1. The number of nitrogens with two attached hydrogens (primary N) is 1. The molecule has 0 aliphatic carbocycles. The van der Waals surface area contributed by atoms with Gasteiger partial charge in [-0.15, -0.1) is 0 Å². The molecule has 4 aromatic rings. The van der Waals surface area contributed by atoms with E-state index in [0.29, 0.717) is 22.5 Å². The molecule has 0 aliphatic rings. The Morgan fingerprint density at radius 3 is 2.44 bits per heavy atom. The molecule has 2 aromatic heterocycles. The van der Waals surface area contributed by atoms with Crippen LogP contribution in [-0.4, -0.2) is 19.5 Å². The number of hydrogen-bond acceptors (Lipinski definition) is 5. The first kappa shape index (κ1) is 16.9. The molecule has 0 bridgehead atoms. The first-order valence-electron chi connectivity index (χ1n) is 8.24. The van der Waals surface area contributed by atoms with E-state index in [4.69, 9.17) is 5.73 Å². The summed E-state index contributed by atoms with van der Waals surface area (Å²) in [4.78, 5) is 12.6. The number of fused-ring (bicyclic) bond motifs is 1. The van der Waals surface area contributed by atoms with E-state index in [-0.39, 0.29) is 17.6 Å². The van der Waals surface area contributed by atoms with E-state index in [1.54, 1.807) is 25.1 Å². The zero-order valence-electron chi connectivity index (χ0n) is 14.7. The summed E-state index contributed by atoms with van der Waals surface area (Å²) in [6.45, 7) is 3.69. The Morgan fingerprint density at radius 1 is 0.963 bits per heavy atom. The Bertz CT molecular complexity index is 1150. The SMILES string of the molecule is Cc1ccc(Nc2nc(-n3c(C)nc4ccc(F)cc43)nc(N)c2F)cc1. The van der Waals surface area contributed by atoms with Gasteiger partial charge in [-0.25, -0.2) is 9.37 Å². The van der Waals surface area contributed by atoms with E-state index in [9.17, 15) is 8.78 Å². The molecule has 136 valence electrons. The third kappa shape index (κ3) is 3.05. The van der Waals surface area contributed by atoms with Gasteiger partial charge in [-0.1, -0.05) is 17.7 Å². The topological polar surface area (TPSA) is 81.7 Å². The molecule has 3 N–H and O–H groups in total. The molecule has 2 aromatic carbocycles. The maximum atomic E-state index is 14.5. The minimum Gasteiger partial charge on any atom is -0.381 e. The van der Waals surface area contributed by atoms with Gasteiger partial charge in [0, 0.05) is 11.8 Å². The molecule has 0 aliphatic heterocycles. The summed E-state index contributed by atoms with van der Waals surface area (Å²) in [6.07, 6.45) is 0. The molecule has 0 fully saturated rings. The number of nitrogens with zero attached hydrogens (tertiary/aromatic N) is 4. The molecule has 0 unspecified atom stereocenters. The lowest BCUT2D eigenvalue weighted by Gasteiger charge is -2.12. The van der Waals surface area contributed by atoms with Crippen molar-refractivity contribution < 1.29 is 8.78 Å².